The zero-order valence-corrected chi connectivity index (χ0v) is 17.5. The van der Waals surface area contributed by atoms with Crippen LogP contribution in [0.1, 0.15) is 10.5 Å². The van der Waals surface area contributed by atoms with Gasteiger partial charge < -0.3 is 4.74 Å². The minimum atomic E-state index is -0.366. The smallest absolute Gasteiger partial charge is 0.281 e. The number of aromatic nitrogens is 3. The summed E-state index contributed by atoms with van der Waals surface area (Å²) in [6, 6.07) is 17.7. The minimum absolute atomic E-state index is 0.206. The van der Waals surface area contributed by atoms with Gasteiger partial charge in [0.15, 0.2) is 16.6 Å². The Morgan fingerprint density at radius 3 is 2.59 bits per heavy atom. The normalized spacial score (nSPS) is 10.7. The lowest BCUT2D eigenvalue weighted by Gasteiger charge is -2.01. The van der Waals surface area contributed by atoms with Crippen molar-refractivity contribution in [3.8, 4) is 22.7 Å². The Morgan fingerprint density at radius 1 is 1.14 bits per heavy atom. The van der Waals surface area contributed by atoms with E-state index in [4.69, 9.17) is 4.74 Å². The van der Waals surface area contributed by atoms with E-state index < -0.39 is 0 Å². The molecule has 2 aromatic carbocycles. The molecule has 4 rings (SSSR count). The van der Waals surface area contributed by atoms with Gasteiger partial charge in [0.1, 0.15) is 0 Å². The van der Waals surface area contributed by atoms with E-state index in [1.807, 2.05) is 54.1 Å². The van der Waals surface area contributed by atoms with Crippen LogP contribution in [0, 0.1) is 0 Å². The molecule has 0 bridgehead atoms. The number of benzene rings is 2. The minimum Gasteiger partial charge on any atom is -0.493 e. The highest BCUT2D eigenvalue weighted by molar-refractivity contribution is 7.98. The third kappa shape index (κ3) is 4.18. The molecule has 1 N–H and O–H groups in total. The van der Waals surface area contributed by atoms with Crippen molar-refractivity contribution in [2.45, 2.75) is 4.90 Å². The number of nitrogens with zero attached hydrogens (tertiary/aromatic N) is 3. The lowest BCUT2D eigenvalue weighted by atomic mass is 10.2. The molecule has 0 unspecified atom stereocenters. The summed E-state index contributed by atoms with van der Waals surface area (Å²) in [5.41, 5.74) is 2.87. The fourth-order valence-corrected chi connectivity index (χ4v) is 3.88. The molecule has 0 spiro atoms. The number of carbonyl (C=O) groups excluding carboxylic acids is 1. The molecule has 0 fully saturated rings. The highest BCUT2D eigenvalue weighted by Gasteiger charge is 2.19. The molecule has 0 saturated heterocycles. The van der Waals surface area contributed by atoms with Crippen molar-refractivity contribution in [2.24, 2.45) is 0 Å². The number of carbonyl (C=O) groups is 1. The molecule has 2 heterocycles. The summed E-state index contributed by atoms with van der Waals surface area (Å²) in [6.45, 7) is 0. The second-order valence-corrected chi connectivity index (χ2v) is 7.78. The monoisotopic (exact) mass is 422 g/mol. The van der Waals surface area contributed by atoms with Crippen LogP contribution < -0.4 is 10.1 Å². The molecule has 1 amide bonds. The Labute approximate surface area is 176 Å². The van der Waals surface area contributed by atoms with Gasteiger partial charge in [-0.05, 0) is 30.5 Å². The zero-order chi connectivity index (χ0) is 20.2. The van der Waals surface area contributed by atoms with Crippen LogP contribution in [-0.4, -0.2) is 34.0 Å². The SMILES string of the molecule is COc1cn(-c2ccccc2)nc1C(=O)Nc1nc(-c2ccc(SC)cc2)cs1. The molecule has 6 nitrogen and oxygen atoms in total. The maximum absolute atomic E-state index is 12.8. The molecule has 2 aromatic heterocycles. The first-order valence-electron chi connectivity index (χ1n) is 8.78. The second-order valence-electron chi connectivity index (χ2n) is 6.05. The van der Waals surface area contributed by atoms with E-state index in [2.05, 4.69) is 27.5 Å². The molecule has 0 aliphatic rings. The van der Waals surface area contributed by atoms with E-state index in [0.717, 1.165) is 16.9 Å². The number of rotatable bonds is 6. The quantitative estimate of drug-likeness (QED) is 0.444. The number of hydrogen-bond donors (Lipinski definition) is 1. The van der Waals surface area contributed by atoms with E-state index in [0.29, 0.717) is 10.9 Å². The van der Waals surface area contributed by atoms with E-state index in [1.165, 1.54) is 23.3 Å². The molecule has 0 atom stereocenters. The van der Waals surface area contributed by atoms with Gasteiger partial charge in [0.2, 0.25) is 0 Å². The predicted molar refractivity (Wildman–Crippen MR) is 117 cm³/mol. The molecule has 4 aromatic rings. The van der Waals surface area contributed by atoms with E-state index in [9.17, 15) is 4.79 Å². The summed E-state index contributed by atoms with van der Waals surface area (Å²) in [4.78, 5) is 18.5. The first-order valence-corrected chi connectivity index (χ1v) is 10.9. The van der Waals surface area contributed by atoms with Crippen molar-refractivity contribution in [2.75, 3.05) is 18.7 Å². The van der Waals surface area contributed by atoms with Gasteiger partial charge in [0, 0.05) is 15.8 Å². The molecule has 0 aliphatic heterocycles. The molecular weight excluding hydrogens is 404 g/mol. The van der Waals surface area contributed by atoms with Crippen LogP contribution in [-0.2, 0) is 0 Å². The van der Waals surface area contributed by atoms with E-state index in [-0.39, 0.29) is 11.6 Å². The lowest BCUT2D eigenvalue weighted by molar-refractivity contribution is 0.101. The number of thioether (sulfide) groups is 1. The van der Waals surface area contributed by atoms with E-state index >= 15 is 0 Å². The van der Waals surface area contributed by atoms with Gasteiger partial charge in [-0.2, -0.15) is 5.10 Å². The number of thiazole rings is 1. The van der Waals surface area contributed by atoms with Gasteiger partial charge >= 0.3 is 0 Å². The molecule has 146 valence electrons. The Hall–Kier alpha value is -3.10. The fraction of sp³-hybridized carbons (Fsp3) is 0.0952. The van der Waals surface area contributed by atoms with Gasteiger partial charge in [-0.15, -0.1) is 23.1 Å². The molecular formula is C21H18N4O2S2. The molecule has 0 saturated carbocycles. The first kappa shape index (κ1) is 19.2. The molecule has 29 heavy (non-hydrogen) atoms. The number of anilines is 1. The maximum atomic E-state index is 12.8. The summed E-state index contributed by atoms with van der Waals surface area (Å²) in [5.74, 6) is 0.0333. The van der Waals surface area contributed by atoms with Gasteiger partial charge in [0.05, 0.1) is 24.7 Å². The van der Waals surface area contributed by atoms with Gasteiger partial charge in [-0.1, -0.05) is 30.3 Å². The number of ether oxygens (including phenoxy) is 1. The first-order chi connectivity index (χ1) is 14.2. The van der Waals surface area contributed by atoms with Gasteiger partial charge in [0.25, 0.3) is 5.91 Å². The van der Waals surface area contributed by atoms with Crippen molar-refractivity contribution < 1.29 is 9.53 Å². The number of hydrogen-bond acceptors (Lipinski definition) is 6. The average Bonchev–Trinajstić information content (AvgIpc) is 3.41. The van der Waals surface area contributed by atoms with Crippen molar-refractivity contribution in [1.29, 1.82) is 0 Å². The van der Waals surface area contributed by atoms with Crippen LogP contribution in [0.15, 0.2) is 71.1 Å². The number of methoxy groups -OCH3 is 1. The Morgan fingerprint density at radius 2 is 1.90 bits per heavy atom. The Bertz CT molecular complexity index is 1120. The molecule has 0 aliphatic carbocycles. The summed E-state index contributed by atoms with van der Waals surface area (Å²) < 4.78 is 6.96. The van der Waals surface area contributed by atoms with Crippen molar-refractivity contribution >= 4 is 34.1 Å². The zero-order valence-electron chi connectivity index (χ0n) is 15.8. The van der Waals surface area contributed by atoms with Crippen LogP contribution in [0.4, 0.5) is 5.13 Å². The van der Waals surface area contributed by atoms with Crippen LogP contribution in [0.2, 0.25) is 0 Å². The highest BCUT2D eigenvalue weighted by Crippen LogP contribution is 2.28. The maximum Gasteiger partial charge on any atom is 0.281 e. The van der Waals surface area contributed by atoms with Crippen molar-refractivity contribution in [1.82, 2.24) is 14.8 Å². The van der Waals surface area contributed by atoms with Gasteiger partial charge in [-0.25, -0.2) is 9.67 Å². The summed E-state index contributed by atoms with van der Waals surface area (Å²) in [6.07, 6.45) is 3.73. The summed E-state index contributed by atoms with van der Waals surface area (Å²) in [7, 11) is 1.52. The number of para-hydroxylation sites is 1. The van der Waals surface area contributed by atoms with Crippen LogP contribution in [0.5, 0.6) is 5.75 Å². The highest BCUT2D eigenvalue weighted by atomic mass is 32.2. The topological polar surface area (TPSA) is 69.0 Å². The average molecular weight is 423 g/mol. The molecule has 0 radical (unpaired) electrons. The fourth-order valence-electron chi connectivity index (χ4n) is 2.76. The number of nitrogens with one attached hydrogen (secondary N) is 1. The van der Waals surface area contributed by atoms with Crippen molar-refractivity contribution in [3.05, 3.63) is 71.9 Å². The summed E-state index contributed by atoms with van der Waals surface area (Å²) >= 11 is 3.06. The predicted octanol–water partition coefficient (Wildman–Crippen LogP) is 4.98. The Balaban J connectivity index is 1.54. The van der Waals surface area contributed by atoms with E-state index in [1.54, 1.807) is 22.6 Å². The van der Waals surface area contributed by atoms with Crippen LogP contribution in [0.25, 0.3) is 16.9 Å². The third-order valence-corrected chi connectivity index (χ3v) is 5.75. The lowest BCUT2D eigenvalue weighted by Crippen LogP contribution is -2.14. The Kier molecular flexibility index (Phi) is 5.64. The second kappa shape index (κ2) is 8.50. The molecule has 8 heteroatoms. The largest absolute Gasteiger partial charge is 0.493 e. The third-order valence-electron chi connectivity index (χ3n) is 4.25. The number of amides is 1. The van der Waals surface area contributed by atoms with Crippen LogP contribution in [0.3, 0.4) is 0 Å². The summed E-state index contributed by atoms with van der Waals surface area (Å²) in [5, 5.41) is 9.63. The van der Waals surface area contributed by atoms with Crippen LogP contribution >= 0.6 is 23.1 Å². The van der Waals surface area contributed by atoms with Gasteiger partial charge in [-0.3, -0.25) is 10.1 Å². The van der Waals surface area contributed by atoms with Crippen molar-refractivity contribution in [3.63, 3.8) is 0 Å². The standard InChI is InChI=1S/C21H18N4O2S2/c1-27-18-12-25(15-6-4-3-5-7-15)24-19(18)20(26)23-21-22-17(13-29-21)14-8-10-16(28-2)11-9-14/h3-13H,1-2H3,(H,22,23,26).